The van der Waals surface area contributed by atoms with E-state index in [0.29, 0.717) is 18.2 Å². The van der Waals surface area contributed by atoms with Gasteiger partial charge in [-0.25, -0.2) is 0 Å². The van der Waals surface area contributed by atoms with Gasteiger partial charge in [-0.2, -0.15) is 0 Å². The van der Waals surface area contributed by atoms with E-state index in [1.165, 1.54) is 77.0 Å². The first-order valence-electron chi connectivity index (χ1n) is 9.66. The Morgan fingerprint density at radius 3 is 2.14 bits per heavy atom. The lowest BCUT2D eigenvalue weighted by Crippen LogP contribution is -2.40. The fraction of sp³-hybridized carbons (Fsp3) is 1.00. The van der Waals surface area contributed by atoms with E-state index in [0.717, 1.165) is 6.54 Å². The zero-order valence-electron chi connectivity index (χ0n) is 14.8. The van der Waals surface area contributed by atoms with Gasteiger partial charge in [-0.05, 0) is 39.2 Å². The molecule has 3 unspecified atom stereocenters. The Bertz CT molecular complexity index is 232. The molecule has 1 N–H and O–H groups in total. The Morgan fingerprint density at radius 1 is 0.905 bits per heavy atom. The van der Waals surface area contributed by atoms with Crippen molar-refractivity contribution >= 4 is 0 Å². The van der Waals surface area contributed by atoms with Gasteiger partial charge in [0.25, 0.3) is 0 Å². The second-order valence-electron chi connectivity index (χ2n) is 6.89. The van der Waals surface area contributed by atoms with Crippen LogP contribution in [-0.2, 0) is 4.74 Å². The third kappa shape index (κ3) is 8.83. The van der Waals surface area contributed by atoms with Gasteiger partial charge < -0.3 is 10.1 Å². The molecule has 1 saturated heterocycles. The van der Waals surface area contributed by atoms with Crippen molar-refractivity contribution < 1.29 is 4.74 Å². The molecule has 3 atom stereocenters. The molecule has 0 aromatic heterocycles. The maximum absolute atomic E-state index is 6.08. The lowest BCUT2D eigenvalue weighted by molar-refractivity contribution is 0.0295. The summed E-state index contributed by atoms with van der Waals surface area (Å²) in [4.78, 5) is 0. The van der Waals surface area contributed by atoms with Crippen LogP contribution in [0.2, 0.25) is 0 Å². The molecule has 0 radical (unpaired) electrons. The minimum Gasteiger partial charge on any atom is -0.374 e. The van der Waals surface area contributed by atoms with E-state index < -0.39 is 0 Å². The van der Waals surface area contributed by atoms with E-state index >= 15 is 0 Å². The summed E-state index contributed by atoms with van der Waals surface area (Å²) in [5, 5.41) is 3.73. The average molecular weight is 298 g/mol. The first-order chi connectivity index (χ1) is 10.3. The normalized spacial score (nSPS) is 23.6. The molecule has 1 aliphatic heterocycles. The van der Waals surface area contributed by atoms with Gasteiger partial charge in [-0.15, -0.1) is 0 Å². The third-order valence-electron chi connectivity index (χ3n) is 4.74. The largest absolute Gasteiger partial charge is 0.374 e. The highest BCUT2D eigenvalue weighted by atomic mass is 16.5. The van der Waals surface area contributed by atoms with Crippen molar-refractivity contribution in [1.29, 1.82) is 0 Å². The van der Waals surface area contributed by atoms with Crippen LogP contribution < -0.4 is 5.32 Å². The van der Waals surface area contributed by atoms with Gasteiger partial charge in [-0.3, -0.25) is 0 Å². The maximum atomic E-state index is 6.08. The monoisotopic (exact) mass is 297 g/mol. The van der Waals surface area contributed by atoms with Crippen molar-refractivity contribution in [3.05, 3.63) is 0 Å². The van der Waals surface area contributed by atoms with E-state index in [-0.39, 0.29) is 0 Å². The van der Waals surface area contributed by atoms with Crippen LogP contribution in [0, 0.1) is 0 Å². The van der Waals surface area contributed by atoms with Crippen molar-refractivity contribution in [2.24, 2.45) is 0 Å². The van der Waals surface area contributed by atoms with Crippen LogP contribution in [0.15, 0.2) is 0 Å². The summed E-state index contributed by atoms with van der Waals surface area (Å²) in [6.07, 6.45) is 17.2. The second-order valence-corrected chi connectivity index (χ2v) is 6.89. The highest BCUT2D eigenvalue weighted by Crippen LogP contribution is 2.24. The molecule has 1 heterocycles. The SMILES string of the molecule is CCCCCCCCCCC(NCCC)C1CCC(C)O1. The lowest BCUT2D eigenvalue weighted by Gasteiger charge is -2.25. The zero-order chi connectivity index (χ0) is 15.3. The van der Waals surface area contributed by atoms with Crippen molar-refractivity contribution in [3.63, 3.8) is 0 Å². The Kier molecular flexibility index (Phi) is 11.3. The Labute approximate surface area is 133 Å². The summed E-state index contributed by atoms with van der Waals surface area (Å²) in [5.74, 6) is 0. The van der Waals surface area contributed by atoms with Crippen molar-refractivity contribution in [2.45, 2.75) is 116 Å². The topological polar surface area (TPSA) is 21.3 Å². The predicted molar refractivity (Wildman–Crippen MR) is 92.9 cm³/mol. The molecule has 1 rings (SSSR count). The third-order valence-corrected chi connectivity index (χ3v) is 4.74. The van der Waals surface area contributed by atoms with Gasteiger partial charge in [0.05, 0.1) is 12.2 Å². The summed E-state index contributed by atoms with van der Waals surface area (Å²) in [7, 11) is 0. The smallest absolute Gasteiger partial charge is 0.0732 e. The van der Waals surface area contributed by atoms with E-state index in [2.05, 4.69) is 26.1 Å². The molecule has 0 aliphatic carbocycles. The van der Waals surface area contributed by atoms with Crippen molar-refractivity contribution in [3.8, 4) is 0 Å². The fourth-order valence-electron chi connectivity index (χ4n) is 3.38. The Balaban J connectivity index is 2.09. The minimum absolute atomic E-state index is 0.469. The number of rotatable bonds is 13. The number of nitrogens with one attached hydrogen (secondary N) is 1. The zero-order valence-corrected chi connectivity index (χ0v) is 14.8. The van der Waals surface area contributed by atoms with E-state index in [4.69, 9.17) is 4.74 Å². The van der Waals surface area contributed by atoms with Crippen LogP contribution in [0.3, 0.4) is 0 Å². The number of hydrogen-bond acceptors (Lipinski definition) is 2. The first-order valence-corrected chi connectivity index (χ1v) is 9.66. The highest BCUT2D eigenvalue weighted by Gasteiger charge is 2.28. The summed E-state index contributed by atoms with van der Waals surface area (Å²) >= 11 is 0. The predicted octanol–water partition coefficient (Wildman–Crippen LogP) is 5.45. The lowest BCUT2D eigenvalue weighted by atomic mass is 9.99. The average Bonchev–Trinajstić information content (AvgIpc) is 2.91. The van der Waals surface area contributed by atoms with E-state index in [9.17, 15) is 0 Å². The Hall–Kier alpha value is -0.0800. The highest BCUT2D eigenvalue weighted by molar-refractivity contribution is 4.82. The molecule has 126 valence electrons. The van der Waals surface area contributed by atoms with Gasteiger partial charge in [0.15, 0.2) is 0 Å². The molecule has 0 spiro atoms. The van der Waals surface area contributed by atoms with Gasteiger partial charge >= 0.3 is 0 Å². The number of unbranched alkanes of at least 4 members (excludes halogenated alkanes) is 7. The first kappa shape index (κ1) is 19.0. The van der Waals surface area contributed by atoms with Gasteiger partial charge in [0, 0.05) is 6.04 Å². The van der Waals surface area contributed by atoms with Crippen molar-refractivity contribution in [1.82, 2.24) is 5.32 Å². The molecule has 2 nitrogen and oxygen atoms in total. The van der Waals surface area contributed by atoms with Crippen LogP contribution in [-0.4, -0.2) is 24.8 Å². The van der Waals surface area contributed by atoms with Crippen LogP contribution in [0.25, 0.3) is 0 Å². The minimum atomic E-state index is 0.469. The van der Waals surface area contributed by atoms with Crippen molar-refractivity contribution in [2.75, 3.05) is 6.54 Å². The van der Waals surface area contributed by atoms with E-state index in [1.807, 2.05) is 0 Å². The molecule has 0 aromatic rings. The molecule has 1 fully saturated rings. The summed E-state index contributed by atoms with van der Waals surface area (Å²) in [5.41, 5.74) is 0. The summed E-state index contributed by atoms with van der Waals surface area (Å²) in [6, 6.07) is 0.593. The van der Waals surface area contributed by atoms with Crippen LogP contribution in [0.4, 0.5) is 0 Å². The molecule has 0 amide bonds. The molecule has 0 bridgehead atoms. The molecule has 0 aromatic carbocycles. The molecule has 2 heteroatoms. The van der Waals surface area contributed by atoms with Gasteiger partial charge in [0.1, 0.15) is 0 Å². The second kappa shape index (κ2) is 12.5. The fourth-order valence-corrected chi connectivity index (χ4v) is 3.38. The maximum Gasteiger partial charge on any atom is 0.0732 e. The Morgan fingerprint density at radius 2 is 1.57 bits per heavy atom. The van der Waals surface area contributed by atoms with Crippen LogP contribution in [0.1, 0.15) is 97.8 Å². The summed E-state index contributed by atoms with van der Waals surface area (Å²) in [6.45, 7) is 7.89. The van der Waals surface area contributed by atoms with Crippen LogP contribution in [0.5, 0.6) is 0 Å². The summed E-state index contributed by atoms with van der Waals surface area (Å²) < 4.78 is 6.08. The molecule has 0 saturated carbocycles. The molecular formula is C19H39NO. The van der Waals surface area contributed by atoms with E-state index in [1.54, 1.807) is 0 Å². The quantitative estimate of drug-likeness (QED) is 0.456. The van der Waals surface area contributed by atoms with Crippen LogP contribution >= 0.6 is 0 Å². The number of hydrogen-bond donors (Lipinski definition) is 1. The molecular weight excluding hydrogens is 258 g/mol. The number of ether oxygens (including phenoxy) is 1. The molecule has 1 aliphatic rings. The standard InChI is InChI=1S/C19H39NO/c1-4-6-7-8-9-10-11-12-13-18(20-16-5-2)19-15-14-17(3)21-19/h17-20H,4-16H2,1-3H3. The molecule has 21 heavy (non-hydrogen) atoms. The van der Waals surface area contributed by atoms with Gasteiger partial charge in [-0.1, -0.05) is 65.2 Å². The van der Waals surface area contributed by atoms with Gasteiger partial charge in [0.2, 0.25) is 0 Å².